The Morgan fingerprint density at radius 1 is 0.922 bits per heavy atom. The van der Waals surface area contributed by atoms with Crippen LogP contribution >= 0.6 is 0 Å². The number of phenols is 3. The molecule has 2 aromatic carbocycles. The second kappa shape index (κ2) is 13.7. The first-order valence-electron chi connectivity index (χ1n) is 17.0. The van der Waals surface area contributed by atoms with Crippen LogP contribution in [0.2, 0.25) is 0 Å². The summed E-state index contributed by atoms with van der Waals surface area (Å²) in [6, 6.07) is 3.51. The van der Waals surface area contributed by atoms with Gasteiger partial charge in [-0.05, 0) is 40.4 Å². The molecule has 51 heavy (non-hydrogen) atoms. The Kier molecular flexibility index (Phi) is 9.97. The van der Waals surface area contributed by atoms with E-state index < -0.39 is 107 Å². The van der Waals surface area contributed by atoms with Crippen LogP contribution in [0.1, 0.15) is 101 Å². The Morgan fingerprint density at radius 2 is 1.55 bits per heavy atom. The number of phenolic OH excluding ortho intramolecular Hbond substituents is 3. The van der Waals surface area contributed by atoms with E-state index in [-0.39, 0.29) is 54.0 Å². The Bertz CT molecular complexity index is 1720. The maximum atomic E-state index is 13.9. The number of aromatic hydroxyl groups is 3. The molecule has 0 spiro atoms. The van der Waals surface area contributed by atoms with E-state index in [0.717, 1.165) is 7.11 Å². The molecule has 278 valence electrons. The van der Waals surface area contributed by atoms with Gasteiger partial charge in [0.2, 0.25) is 5.78 Å². The van der Waals surface area contributed by atoms with Crippen LogP contribution in [-0.4, -0.2) is 129 Å². The molecular weight excluding hydrogens is 670 g/mol. The van der Waals surface area contributed by atoms with Gasteiger partial charge in [-0.15, -0.1) is 0 Å². The predicted octanol–water partition coefficient (Wildman–Crippen LogP) is 1.74. The van der Waals surface area contributed by atoms with Crippen LogP contribution in [0.3, 0.4) is 0 Å². The third-order valence-electron chi connectivity index (χ3n) is 10.8. The van der Waals surface area contributed by atoms with Crippen LogP contribution < -0.4 is 0 Å². The molecule has 2 saturated heterocycles. The van der Waals surface area contributed by atoms with E-state index in [1.165, 1.54) is 18.2 Å². The number of rotatable bonds is 7. The van der Waals surface area contributed by atoms with Gasteiger partial charge in [0.1, 0.15) is 35.4 Å². The summed E-state index contributed by atoms with van der Waals surface area (Å²) < 4.78 is 29.9. The van der Waals surface area contributed by atoms with Crippen LogP contribution in [0, 0.1) is 0 Å². The summed E-state index contributed by atoms with van der Waals surface area (Å²) in [7, 11) is 4.76. The van der Waals surface area contributed by atoms with Gasteiger partial charge in [-0.3, -0.25) is 14.4 Å². The number of hydrogen-bond donors (Lipinski definition) is 6. The van der Waals surface area contributed by atoms with Gasteiger partial charge in [0.05, 0.1) is 53.8 Å². The number of ketones is 2. The number of ether oxygens (including phenoxy) is 5. The van der Waals surface area contributed by atoms with Crippen LogP contribution in [0.4, 0.5) is 0 Å². The highest BCUT2D eigenvalue weighted by atomic mass is 16.7. The van der Waals surface area contributed by atoms with Crippen LogP contribution in [0.25, 0.3) is 0 Å². The summed E-state index contributed by atoms with van der Waals surface area (Å²) in [4.78, 5) is 42.9. The van der Waals surface area contributed by atoms with E-state index >= 15 is 0 Å². The first-order chi connectivity index (χ1) is 24.0. The van der Waals surface area contributed by atoms with Gasteiger partial charge in [0.15, 0.2) is 18.4 Å². The lowest BCUT2D eigenvalue weighted by Gasteiger charge is -2.48. The van der Waals surface area contributed by atoms with E-state index in [2.05, 4.69) is 0 Å². The highest BCUT2D eigenvalue weighted by Gasteiger charge is 2.55. The second-order valence-electron chi connectivity index (χ2n) is 14.1. The number of aliphatic hydroxyl groups excluding tert-OH is 2. The number of carbonyl (C=O) groups is 3. The minimum atomic E-state index is -1.91. The van der Waals surface area contributed by atoms with Crippen molar-refractivity contribution in [3.8, 4) is 17.2 Å². The number of benzene rings is 2. The predicted molar refractivity (Wildman–Crippen MR) is 175 cm³/mol. The molecule has 6 N–H and O–H groups in total. The second-order valence-corrected chi connectivity index (χ2v) is 14.1. The summed E-state index contributed by atoms with van der Waals surface area (Å²) >= 11 is 0. The van der Waals surface area contributed by atoms with Gasteiger partial charge >= 0.3 is 5.97 Å². The van der Waals surface area contributed by atoms with Crippen molar-refractivity contribution < 1.29 is 68.7 Å². The normalized spacial score (nSPS) is 34.9. The molecule has 2 fully saturated rings. The van der Waals surface area contributed by atoms with Crippen molar-refractivity contribution in [1.29, 1.82) is 0 Å². The largest absolute Gasteiger partial charge is 0.507 e. The number of hydrogen-bond acceptors (Lipinski definition) is 15. The molecule has 2 aliphatic heterocycles. The molecule has 0 unspecified atom stereocenters. The molecule has 15 heteroatoms. The van der Waals surface area contributed by atoms with E-state index in [4.69, 9.17) is 23.7 Å². The summed E-state index contributed by atoms with van der Waals surface area (Å²) in [5.41, 5.74) is -4.13. The molecule has 11 atom stereocenters. The van der Waals surface area contributed by atoms with Crippen molar-refractivity contribution in [2.45, 2.75) is 113 Å². The maximum Gasteiger partial charge on any atom is 0.316 e. The van der Waals surface area contributed by atoms with Crippen LogP contribution in [0.15, 0.2) is 18.2 Å². The SMILES string of the molecule is CC[C@@]1(O)C[C@H](O[C@H]2C[C@H](N(C)C)[C@H](O[C@H]3C[C@H](O)[C@H](O)[C@H](C)O3)[C@H](C)O2)c2c(O)c3c(c(O)c2[C@H]1C(=O)OC)C(=O)c1cccc(O)c1C3=O. The molecule has 0 amide bonds. The summed E-state index contributed by atoms with van der Waals surface area (Å²) in [6.45, 7) is 5.01. The molecule has 2 aromatic rings. The molecule has 4 aliphatic rings. The van der Waals surface area contributed by atoms with Gasteiger partial charge in [0.25, 0.3) is 0 Å². The van der Waals surface area contributed by atoms with Crippen molar-refractivity contribution in [2.24, 2.45) is 0 Å². The molecule has 0 aromatic heterocycles. The smallest absolute Gasteiger partial charge is 0.316 e. The van der Waals surface area contributed by atoms with Crippen molar-refractivity contribution in [2.75, 3.05) is 21.2 Å². The number of carbonyl (C=O) groups excluding carboxylic acids is 3. The third kappa shape index (κ3) is 6.08. The summed E-state index contributed by atoms with van der Waals surface area (Å²) in [5.74, 6) is -6.38. The molecule has 2 aliphatic carbocycles. The average Bonchev–Trinajstić information content (AvgIpc) is 3.07. The molecule has 0 radical (unpaired) electrons. The number of nitrogens with zero attached hydrogens (tertiary/aromatic N) is 1. The van der Waals surface area contributed by atoms with Crippen molar-refractivity contribution >= 4 is 17.5 Å². The zero-order chi connectivity index (χ0) is 37.3. The molecule has 0 saturated carbocycles. The Labute approximate surface area is 294 Å². The average molecular weight is 716 g/mol. The maximum absolute atomic E-state index is 13.9. The number of methoxy groups -OCH3 is 1. The lowest BCUT2D eigenvalue weighted by molar-refractivity contribution is -0.310. The molecular formula is C36H45NO14. The summed E-state index contributed by atoms with van der Waals surface area (Å²) in [6.07, 6.45) is -7.23. The van der Waals surface area contributed by atoms with Crippen LogP contribution in [0.5, 0.6) is 17.2 Å². The van der Waals surface area contributed by atoms with E-state index in [0.29, 0.717) is 0 Å². The summed E-state index contributed by atoms with van der Waals surface area (Å²) in [5, 5.41) is 66.7. The first-order valence-corrected chi connectivity index (χ1v) is 17.0. The van der Waals surface area contributed by atoms with Crippen molar-refractivity contribution in [3.63, 3.8) is 0 Å². The lowest BCUT2D eigenvalue weighted by Crippen LogP contribution is -2.57. The Balaban J connectivity index is 1.40. The third-order valence-corrected chi connectivity index (χ3v) is 10.8. The van der Waals surface area contributed by atoms with E-state index in [1.54, 1.807) is 20.8 Å². The monoisotopic (exact) mass is 715 g/mol. The molecule has 2 heterocycles. The highest BCUT2D eigenvalue weighted by Crippen LogP contribution is 2.57. The zero-order valence-electron chi connectivity index (χ0n) is 29.2. The van der Waals surface area contributed by atoms with E-state index in [1.807, 2.05) is 19.0 Å². The minimum absolute atomic E-state index is 0.0363. The fourth-order valence-electron chi connectivity index (χ4n) is 8.06. The van der Waals surface area contributed by atoms with Gasteiger partial charge in [-0.25, -0.2) is 0 Å². The Hall–Kier alpha value is -3.67. The van der Waals surface area contributed by atoms with Crippen molar-refractivity contribution in [1.82, 2.24) is 4.90 Å². The van der Waals surface area contributed by atoms with E-state index in [9.17, 15) is 45.0 Å². The van der Waals surface area contributed by atoms with Crippen molar-refractivity contribution in [3.05, 3.63) is 51.6 Å². The van der Waals surface area contributed by atoms with Gasteiger partial charge in [-0.2, -0.15) is 0 Å². The molecule has 6 rings (SSSR count). The molecule has 15 nitrogen and oxygen atoms in total. The molecule has 0 bridgehead atoms. The quantitative estimate of drug-likeness (QED) is 0.152. The fourth-order valence-corrected chi connectivity index (χ4v) is 8.06. The lowest BCUT2D eigenvalue weighted by atomic mass is 9.66. The minimum Gasteiger partial charge on any atom is -0.507 e. The first kappa shape index (κ1) is 37.1. The topological polar surface area (TPSA) is 222 Å². The van der Waals surface area contributed by atoms with Gasteiger partial charge in [-0.1, -0.05) is 19.1 Å². The van der Waals surface area contributed by atoms with Crippen LogP contribution in [-0.2, 0) is 28.5 Å². The zero-order valence-corrected chi connectivity index (χ0v) is 29.2. The van der Waals surface area contributed by atoms with Gasteiger partial charge < -0.3 is 59.2 Å². The van der Waals surface area contributed by atoms with Gasteiger partial charge in [0, 0.05) is 42.0 Å². The Morgan fingerprint density at radius 3 is 2.18 bits per heavy atom. The number of esters is 1. The number of likely N-dealkylation sites (N-methyl/N-ethyl adjacent to an activating group) is 1. The fraction of sp³-hybridized carbons (Fsp3) is 0.583. The standard InChI is InChI=1S/C36H45NO14/c1-7-36(46)13-20(50-21-11-17(37(4)5)34(15(3)49-21)51-22-12-19(39)29(40)14(2)48-22)24-25(28(36)35(45)47-6)33(44)26-27(32(24)43)31(42)23-16(30(26)41)9-8-10-18(23)38/h8-10,14-15,17,19-22,28-29,34,38-40,43-44,46H,7,11-13H2,1-6H3/t14-,15-,17-,19-,20-,21-,22-,28-,29+,34+,36+/m0/s1. The number of aliphatic hydroxyl groups is 3. The number of fused-ring (bicyclic) bond motifs is 3. The highest BCUT2D eigenvalue weighted by molar-refractivity contribution is 6.31.